The van der Waals surface area contributed by atoms with Crippen LogP contribution in [0.1, 0.15) is 66.9 Å². The molecule has 6 heteroatoms. The number of carboxylic acid groups (broad SMARTS) is 1. The number of rotatable bonds is 8. The third-order valence-electron chi connectivity index (χ3n) is 7.87. The van der Waals surface area contributed by atoms with Crippen molar-refractivity contribution in [2.45, 2.75) is 85.6 Å². The molecule has 1 aliphatic heterocycles. The van der Waals surface area contributed by atoms with Crippen LogP contribution in [0.3, 0.4) is 0 Å². The predicted octanol–water partition coefficient (Wildman–Crippen LogP) is 5.60. The van der Waals surface area contributed by atoms with Gasteiger partial charge in [0.1, 0.15) is 5.60 Å². The molecule has 2 fully saturated rings. The number of hydrogen-bond acceptors (Lipinski definition) is 4. The van der Waals surface area contributed by atoms with Crippen LogP contribution in [-0.4, -0.2) is 46.4 Å². The Hall–Kier alpha value is -2.08. The summed E-state index contributed by atoms with van der Waals surface area (Å²) in [5.74, 6) is 0.181. The lowest BCUT2D eigenvalue weighted by molar-refractivity contribution is -0.146. The summed E-state index contributed by atoms with van der Waals surface area (Å²) in [7, 11) is 0. The highest BCUT2D eigenvalue weighted by molar-refractivity contribution is 5.79. The van der Waals surface area contributed by atoms with Crippen molar-refractivity contribution in [2.75, 3.05) is 6.61 Å². The van der Waals surface area contributed by atoms with Crippen LogP contribution in [0.5, 0.6) is 0 Å². The summed E-state index contributed by atoms with van der Waals surface area (Å²) in [5, 5.41) is 10.2. The van der Waals surface area contributed by atoms with Crippen molar-refractivity contribution in [2.24, 2.45) is 29.1 Å². The molecule has 33 heavy (non-hydrogen) atoms. The minimum atomic E-state index is -0.846. The maximum atomic E-state index is 13.5. The van der Waals surface area contributed by atoms with Crippen molar-refractivity contribution in [1.82, 2.24) is 4.90 Å². The Morgan fingerprint density at radius 3 is 2.24 bits per heavy atom. The monoisotopic (exact) mass is 459 g/mol. The number of amides is 1. The summed E-state index contributed by atoms with van der Waals surface area (Å²) in [6, 6.07) is 9.42. The number of ether oxygens (including phenoxy) is 2. The molecule has 1 heterocycles. The Kier molecular flexibility index (Phi) is 7.47. The number of hydrogen-bond donors (Lipinski definition) is 1. The van der Waals surface area contributed by atoms with E-state index in [1.54, 1.807) is 4.90 Å². The van der Waals surface area contributed by atoms with Crippen LogP contribution < -0.4 is 0 Å². The average Bonchev–Trinajstić information content (AvgIpc) is 3.08. The highest BCUT2D eigenvalue weighted by Gasteiger charge is 2.66. The van der Waals surface area contributed by atoms with E-state index in [1.165, 1.54) is 0 Å². The minimum absolute atomic E-state index is 0.0528. The van der Waals surface area contributed by atoms with Crippen LogP contribution in [0.25, 0.3) is 0 Å². The SMILES string of the molecule is CC(C)[C@H]1CO[C@@H]([C@H](CC2(C(=O)O)C(C)[C@@H]2C)N(Cc2ccccc2)C(=O)OC(C)(C)C)C1. The van der Waals surface area contributed by atoms with E-state index in [2.05, 4.69) is 13.8 Å². The molecule has 1 amide bonds. The molecule has 184 valence electrons. The number of nitrogens with zero attached hydrogens (tertiary/aromatic N) is 1. The lowest BCUT2D eigenvalue weighted by Gasteiger charge is -2.38. The van der Waals surface area contributed by atoms with E-state index >= 15 is 0 Å². The summed E-state index contributed by atoms with van der Waals surface area (Å²) in [5.41, 5.74) is -0.521. The van der Waals surface area contributed by atoms with Crippen molar-refractivity contribution in [3.8, 4) is 0 Å². The Bertz CT molecular complexity index is 823. The van der Waals surface area contributed by atoms with E-state index in [4.69, 9.17) is 9.47 Å². The zero-order chi connectivity index (χ0) is 24.6. The van der Waals surface area contributed by atoms with Crippen LogP contribution in [0.4, 0.5) is 4.79 Å². The minimum Gasteiger partial charge on any atom is -0.481 e. The molecule has 6 atom stereocenters. The van der Waals surface area contributed by atoms with E-state index in [-0.39, 0.29) is 24.0 Å². The van der Waals surface area contributed by atoms with Gasteiger partial charge in [-0.15, -0.1) is 0 Å². The smallest absolute Gasteiger partial charge is 0.410 e. The van der Waals surface area contributed by atoms with Gasteiger partial charge in [0.2, 0.25) is 0 Å². The Morgan fingerprint density at radius 1 is 1.18 bits per heavy atom. The van der Waals surface area contributed by atoms with Gasteiger partial charge >= 0.3 is 12.1 Å². The van der Waals surface area contributed by atoms with Crippen molar-refractivity contribution in [1.29, 1.82) is 0 Å². The summed E-state index contributed by atoms with van der Waals surface area (Å²) in [6.45, 7) is 14.9. The third kappa shape index (κ3) is 5.53. The fourth-order valence-corrected chi connectivity index (χ4v) is 5.33. The van der Waals surface area contributed by atoms with Gasteiger partial charge in [-0.3, -0.25) is 9.69 Å². The molecule has 0 spiro atoms. The van der Waals surface area contributed by atoms with Gasteiger partial charge in [0, 0.05) is 6.54 Å². The van der Waals surface area contributed by atoms with Crippen molar-refractivity contribution in [3.63, 3.8) is 0 Å². The summed E-state index contributed by atoms with van der Waals surface area (Å²) < 4.78 is 12.1. The first-order chi connectivity index (χ1) is 15.4. The molecule has 1 saturated carbocycles. The third-order valence-corrected chi connectivity index (χ3v) is 7.87. The number of carbonyl (C=O) groups excluding carboxylic acids is 1. The lowest BCUT2D eigenvalue weighted by Crippen LogP contribution is -2.50. The van der Waals surface area contributed by atoms with E-state index in [0.717, 1.165) is 12.0 Å². The fourth-order valence-electron chi connectivity index (χ4n) is 5.33. The topological polar surface area (TPSA) is 76.1 Å². The van der Waals surface area contributed by atoms with E-state index < -0.39 is 23.1 Å². The molecular formula is C27H41NO5. The first-order valence-corrected chi connectivity index (χ1v) is 12.3. The number of benzene rings is 1. The second-order valence-corrected chi connectivity index (χ2v) is 11.4. The largest absolute Gasteiger partial charge is 0.481 e. The normalized spacial score (nSPS) is 30.2. The molecule has 1 aromatic rings. The second-order valence-electron chi connectivity index (χ2n) is 11.4. The van der Waals surface area contributed by atoms with Crippen molar-refractivity contribution >= 4 is 12.1 Å². The van der Waals surface area contributed by atoms with Gasteiger partial charge in [-0.25, -0.2) is 4.79 Å². The van der Waals surface area contributed by atoms with Gasteiger partial charge in [-0.1, -0.05) is 58.0 Å². The molecule has 2 unspecified atom stereocenters. The van der Waals surface area contributed by atoms with Crippen molar-refractivity contribution in [3.05, 3.63) is 35.9 Å². The highest BCUT2D eigenvalue weighted by atomic mass is 16.6. The van der Waals surface area contributed by atoms with Crippen LogP contribution >= 0.6 is 0 Å². The first-order valence-electron chi connectivity index (χ1n) is 12.3. The summed E-state index contributed by atoms with van der Waals surface area (Å²) in [4.78, 5) is 27.7. The maximum Gasteiger partial charge on any atom is 0.410 e. The van der Waals surface area contributed by atoms with E-state index in [1.807, 2.05) is 65.0 Å². The Balaban J connectivity index is 1.98. The van der Waals surface area contributed by atoms with Gasteiger partial charge in [-0.05, 0) is 62.8 Å². The zero-order valence-corrected chi connectivity index (χ0v) is 21.2. The van der Waals surface area contributed by atoms with Gasteiger partial charge < -0.3 is 14.6 Å². The van der Waals surface area contributed by atoms with Gasteiger partial charge in [0.15, 0.2) is 0 Å². The first kappa shape index (κ1) is 25.5. The Labute approximate surface area is 198 Å². The second kappa shape index (κ2) is 9.65. The van der Waals surface area contributed by atoms with Crippen LogP contribution in [-0.2, 0) is 20.8 Å². The van der Waals surface area contributed by atoms with E-state index in [0.29, 0.717) is 31.4 Å². The number of carboxylic acids is 1. The predicted molar refractivity (Wildman–Crippen MR) is 128 cm³/mol. The molecule has 1 N–H and O–H groups in total. The van der Waals surface area contributed by atoms with Gasteiger partial charge in [0.25, 0.3) is 0 Å². The number of carbonyl (C=O) groups is 2. The van der Waals surface area contributed by atoms with Crippen LogP contribution in [0.2, 0.25) is 0 Å². The molecule has 1 aliphatic carbocycles. The zero-order valence-electron chi connectivity index (χ0n) is 21.2. The van der Waals surface area contributed by atoms with Crippen LogP contribution in [0.15, 0.2) is 30.3 Å². The molecule has 0 bridgehead atoms. The molecule has 6 nitrogen and oxygen atoms in total. The summed E-state index contributed by atoms with van der Waals surface area (Å²) >= 11 is 0. The van der Waals surface area contributed by atoms with E-state index in [9.17, 15) is 14.7 Å². The molecule has 3 rings (SSSR count). The molecule has 1 aromatic carbocycles. The molecule has 1 saturated heterocycles. The Morgan fingerprint density at radius 2 is 1.79 bits per heavy atom. The maximum absolute atomic E-state index is 13.5. The average molecular weight is 460 g/mol. The van der Waals surface area contributed by atoms with Gasteiger partial charge in [-0.2, -0.15) is 0 Å². The molecule has 0 radical (unpaired) electrons. The van der Waals surface area contributed by atoms with Crippen LogP contribution in [0, 0.1) is 29.1 Å². The fraction of sp³-hybridized carbons (Fsp3) is 0.704. The molecular weight excluding hydrogens is 418 g/mol. The summed E-state index contributed by atoms with van der Waals surface area (Å²) in [6.07, 6.45) is 0.542. The lowest BCUT2D eigenvalue weighted by atomic mass is 9.85. The molecule has 0 aromatic heterocycles. The highest BCUT2D eigenvalue weighted by Crippen LogP contribution is 2.62. The number of aliphatic carboxylic acids is 1. The standard InChI is InChI=1S/C27H41NO5/c1-17(2)21-13-23(32-16-21)22(14-27(24(29)30)18(3)19(27)4)28(25(31)33-26(5,6)7)15-20-11-9-8-10-12-20/h8-12,17-19,21-23H,13-16H2,1-7H3,(H,29,30)/t18-,19?,21+,22-,23+,27?/m0/s1. The quantitative estimate of drug-likeness (QED) is 0.548. The van der Waals surface area contributed by atoms with Gasteiger partial charge in [0.05, 0.1) is 24.2 Å². The molecule has 2 aliphatic rings. The van der Waals surface area contributed by atoms with Crippen molar-refractivity contribution < 1.29 is 24.2 Å².